The van der Waals surface area contributed by atoms with Crippen molar-refractivity contribution in [1.82, 2.24) is 27.1 Å². The van der Waals surface area contributed by atoms with Gasteiger partial charge in [0, 0.05) is 11.1 Å². The van der Waals surface area contributed by atoms with Gasteiger partial charge in [-0.2, -0.15) is 15.6 Å². The number of hydrazone groups is 2. The highest BCUT2D eigenvalue weighted by Gasteiger charge is 2.10. The van der Waals surface area contributed by atoms with Gasteiger partial charge >= 0.3 is 0 Å². The van der Waals surface area contributed by atoms with Crippen molar-refractivity contribution >= 4 is 47.1 Å². The van der Waals surface area contributed by atoms with Crippen molar-refractivity contribution in [1.29, 1.82) is 0 Å². The Hall–Kier alpha value is -4.12. The predicted octanol–water partition coefficient (Wildman–Crippen LogP) is -0.775. The fourth-order valence-corrected chi connectivity index (χ4v) is 2.30. The Morgan fingerprint density at radius 2 is 1.36 bits per heavy atom. The topological polar surface area (TPSA) is 221 Å². The molecule has 12 N–H and O–H groups in total. The standard InChI is InChI=1S/C17H20N8O6S2/c18-22-16(32)23-21-7-31-13-4-9(3-12(28)15(13)30)6-20-25-17(33)24-19-5-8-1-10(26)14(29)11(27)2-8/h1-6,21,26-30H,7,18H2,(H2,22,23,32)(H2,24,25,33)/b19-5+,20-6+. The van der Waals surface area contributed by atoms with Gasteiger partial charge < -0.3 is 30.3 Å². The molecule has 33 heavy (non-hydrogen) atoms. The molecule has 0 bridgehead atoms. The van der Waals surface area contributed by atoms with Gasteiger partial charge in [0.1, 0.15) is 0 Å². The summed E-state index contributed by atoms with van der Waals surface area (Å²) in [5.74, 6) is 2.48. The molecule has 0 fully saturated rings. The van der Waals surface area contributed by atoms with E-state index in [1.165, 1.54) is 36.7 Å². The molecule has 0 radical (unpaired) electrons. The number of hydrazine groups is 2. The second-order valence-corrected chi connectivity index (χ2v) is 6.74. The molecule has 0 amide bonds. The van der Waals surface area contributed by atoms with E-state index in [0.717, 1.165) is 0 Å². The number of phenols is 5. The van der Waals surface area contributed by atoms with E-state index in [-0.39, 0.29) is 22.7 Å². The molecule has 2 rings (SSSR count). The van der Waals surface area contributed by atoms with Crippen LogP contribution in [0.3, 0.4) is 0 Å². The Kier molecular flexibility index (Phi) is 9.18. The summed E-state index contributed by atoms with van der Waals surface area (Å²) < 4.78 is 5.30. The first kappa shape index (κ1) is 25.1. The first-order valence-corrected chi connectivity index (χ1v) is 9.58. The molecule has 0 aromatic heterocycles. The lowest BCUT2D eigenvalue weighted by Crippen LogP contribution is -2.47. The van der Waals surface area contributed by atoms with Crippen LogP contribution in [0, 0.1) is 0 Å². The van der Waals surface area contributed by atoms with Gasteiger partial charge in [0.2, 0.25) is 10.9 Å². The van der Waals surface area contributed by atoms with E-state index in [2.05, 4.69) is 37.3 Å². The van der Waals surface area contributed by atoms with Gasteiger partial charge in [0.15, 0.2) is 40.6 Å². The van der Waals surface area contributed by atoms with Crippen molar-refractivity contribution in [3.63, 3.8) is 0 Å². The average Bonchev–Trinajstić information content (AvgIpc) is 2.77. The van der Waals surface area contributed by atoms with E-state index in [4.69, 9.17) is 35.0 Å². The van der Waals surface area contributed by atoms with Crippen LogP contribution < -0.4 is 37.7 Å². The second kappa shape index (κ2) is 12.1. The molecular weight excluding hydrogens is 476 g/mol. The Bertz CT molecular complexity index is 1060. The van der Waals surface area contributed by atoms with Crippen molar-refractivity contribution in [3.05, 3.63) is 35.4 Å². The largest absolute Gasteiger partial charge is 0.504 e. The summed E-state index contributed by atoms with van der Waals surface area (Å²) in [7, 11) is 0. The molecule has 0 aliphatic rings. The van der Waals surface area contributed by atoms with Crippen molar-refractivity contribution in [2.24, 2.45) is 16.0 Å². The van der Waals surface area contributed by atoms with Crippen molar-refractivity contribution in [2.75, 3.05) is 6.73 Å². The van der Waals surface area contributed by atoms with Gasteiger partial charge in [-0.25, -0.2) is 5.84 Å². The first-order chi connectivity index (χ1) is 15.7. The molecule has 0 heterocycles. The minimum absolute atomic E-state index is 0.00560. The predicted molar refractivity (Wildman–Crippen MR) is 127 cm³/mol. The molecule has 2 aromatic rings. The number of nitrogens with zero attached hydrogens (tertiary/aromatic N) is 2. The van der Waals surface area contributed by atoms with Crippen LogP contribution in [-0.4, -0.2) is 54.9 Å². The summed E-state index contributed by atoms with van der Waals surface area (Å²) in [6.45, 7) is -0.129. The number of ether oxygens (including phenoxy) is 1. The third-order valence-electron chi connectivity index (χ3n) is 3.56. The lowest BCUT2D eigenvalue weighted by molar-refractivity contribution is 0.258. The quantitative estimate of drug-likeness (QED) is 0.0411. The first-order valence-electron chi connectivity index (χ1n) is 8.76. The third kappa shape index (κ3) is 7.82. The highest BCUT2D eigenvalue weighted by atomic mass is 32.1. The fraction of sp³-hybridized carbons (Fsp3) is 0.0588. The second-order valence-electron chi connectivity index (χ2n) is 5.93. The number of nitrogens with two attached hydrogens (primary N) is 1. The maximum Gasteiger partial charge on any atom is 0.207 e. The molecule has 0 atom stereocenters. The van der Waals surface area contributed by atoms with Crippen LogP contribution in [0.4, 0.5) is 0 Å². The molecule has 0 aliphatic heterocycles. The Balaban J connectivity index is 1.90. The van der Waals surface area contributed by atoms with Crippen LogP contribution >= 0.6 is 24.4 Å². The van der Waals surface area contributed by atoms with Gasteiger partial charge in [-0.15, -0.1) is 0 Å². The lowest BCUT2D eigenvalue weighted by atomic mass is 10.2. The van der Waals surface area contributed by atoms with Crippen LogP contribution in [0.25, 0.3) is 0 Å². The average molecular weight is 497 g/mol. The van der Waals surface area contributed by atoms with E-state index < -0.39 is 28.7 Å². The monoisotopic (exact) mass is 496 g/mol. The van der Waals surface area contributed by atoms with Crippen LogP contribution in [0.1, 0.15) is 11.1 Å². The number of thiocarbonyl (C=S) groups is 2. The summed E-state index contributed by atoms with van der Waals surface area (Å²) in [5, 5.41) is 55.7. The number of hydrogen-bond donors (Lipinski definition) is 11. The number of aromatic hydroxyl groups is 5. The highest BCUT2D eigenvalue weighted by Crippen LogP contribution is 2.36. The zero-order chi connectivity index (χ0) is 24.4. The molecule has 14 nitrogen and oxygen atoms in total. The van der Waals surface area contributed by atoms with Crippen molar-refractivity contribution in [2.45, 2.75) is 0 Å². The summed E-state index contributed by atoms with van der Waals surface area (Å²) in [4.78, 5) is 0. The number of rotatable bonds is 8. The maximum atomic E-state index is 9.90. The zero-order valence-corrected chi connectivity index (χ0v) is 18.2. The summed E-state index contributed by atoms with van der Waals surface area (Å²) in [6.07, 6.45) is 2.52. The van der Waals surface area contributed by atoms with Crippen molar-refractivity contribution in [3.8, 4) is 34.5 Å². The van der Waals surface area contributed by atoms with Gasteiger partial charge in [-0.05, 0) is 48.7 Å². The van der Waals surface area contributed by atoms with Gasteiger partial charge in [-0.1, -0.05) is 0 Å². The Morgan fingerprint density at radius 1 is 0.848 bits per heavy atom. The van der Waals surface area contributed by atoms with Crippen molar-refractivity contribution < 1.29 is 30.3 Å². The molecular formula is C17H20N8O6S2. The highest BCUT2D eigenvalue weighted by molar-refractivity contribution is 7.80. The Morgan fingerprint density at radius 3 is 1.91 bits per heavy atom. The fourth-order valence-electron chi connectivity index (χ4n) is 2.12. The summed E-state index contributed by atoms with van der Waals surface area (Å²) in [5.41, 5.74) is 12.8. The number of phenolic OH excluding ortho intramolecular Hbond substituents is 5. The number of hydrogen-bond acceptors (Lipinski definition) is 12. The van der Waals surface area contributed by atoms with E-state index >= 15 is 0 Å². The van der Waals surface area contributed by atoms with E-state index in [1.54, 1.807) is 0 Å². The molecule has 0 unspecified atom stereocenters. The van der Waals surface area contributed by atoms with Gasteiger partial charge in [-0.3, -0.25) is 21.7 Å². The van der Waals surface area contributed by atoms with Gasteiger partial charge in [0.05, 0.1) is 12.4 Å². The SMILES string of the molecule is NNC(=S)NNCOc1cc(/C=N/NC(=S)N/N=C/c2cc(O)c(O)c(O)c2)cc(O)c1O. The molecule has 176 valence electrons. The zero-order valence-electron chi connectivity index (χ0n) is 16.6. The molecule has 0 aliphatic carbocycles. The van der Waals surface area contributed by atoms with E-state index in [0.29, 0.717) is 11.1 Å². The molecule has 2 aromatic carbocycles. The smallest absolute Gasteiger partial charge is 0.207 e. The van der Waals surface area contributed by atoms with E-state index in [1.807, 2.05) is 0 Å². The molecule has 0 saturated carbocycles. The third-order valence-corrected chi connectivity index (χ3v) is 3.96. The summed E-state index contributed by atoms with van der Waals surface area (Å²) >= 11 is 9.74. The maximum absolute atomic E-state index is 9.90. The van der Waals surface area contributed by atoms with E-state index in [9.17, 15) is 25.5 Å². The number of benzene rings is 2. The Labute approximate surface area is 197 Å². The molecule has 16 heteroatoms. The van der Waals surface area contributed by atoms with Crippen LogP contribution in [0.2, 0.25) is 0 Å². The minimum atomic E-state index is -0.638. The summed E-state index contributed by atoms with van der Waals surface area (Å²) in [6, 6.07) is 5.01. The van der Waals surface area contributed by atoms with Crippen LogP contribution in [-0.2, 0) is 0 Å². The molecule has 0 saturated heterocycles. The number of nitrogens with one attached hydrogen (secondary N) is 5. The normalized spacial score (nSPS) is 10.8. The van der Waals surface area contributed by atoms with Crippen LogP contribution in [0.5, 0.6) is 34.5 Å². The molecule has 0 spiro atoms. The minimum Gasteiger partial charge on any atom is -0.504 e. The van der Waals surface area contributed by atoms with Gasteiger partial charge in [0.25, 0.3) is 0 Å². The lowest BCUT2D eigenvalue weighted by Gasteiger charge is -2.12. The van der Waals surface area contributed by atoms with Crippen LogP contribution in [0.15, 0.2) is 34.5 Å².